The van der Waals surface area contributed by atoms with Crippen molar-refractivity contribution in [3.8, 4) is 11.5 Å². The van der Waals surface area contributed by atoms with Crippen molar-refractivity contribution in [1.29, 1.82) is 0 Å². The zero-order valence-electron chi connectivity index (χ0n) is 19.6. The van der Waals surface area contributed by atoms with E-state index >= 15 is 0 Å². The highest BCUT2D eigenvalue weighted by atomic mass is 16.7. The Labute approximate surface area is 193 Å². The summed E-state index contributed by atoms with van der Waals surface area (Å²) in [5.74, 6) is 1.64. The molecular formula is C25H30N4O4. The van der Waals surface area contributed by atoms with Crippen molar-refractivity contribution in [2.24, 2.45) is 0 Å². The third-order valence-electron chi connectivity index (χ3n) is 5.85. The minimum atomic E-state index is -0.410. The molecule has 0 aliphatic carbocycles. The number of amides is 1. The molecule has 1 atom stereocenters. The molecule has 4 rings (SSSR count). The summed E-state index contributed by atoms with van der Waals surface area (Å²) in [7, 11) is 3.93. The van der Waals surface area contributed by atoms with Gasteiger partial charge in [-0.05, 0) is 57.8 Å². The molecule has 1 unspecified atom stereocenters. The van der Waals surface area contributed by atoms with Crippen molar-refractivity contribution in [2.45, 2.75) is 32.9 Å². The van der Waals surface area contributed by atoms with Crippen LogP contribution in [0.1, 0.15) is 42.5 Å². The summed E-state index contributed by atoms with van der Waals surface area (Å²) in [6.45, 7) is 5.80. The first-order valence-electron chi connectivity index (χ1n) is 11.3. The molecule has 33 heavy (non-hydrogen) atoms. The number of hydrogen-bond acceptors (Lipinski definition) is 6. The van der Waals surface area contributed by atoms with E-state index in [2.05, 4.69) is 0 Å². The molecule has 0 fully saturated rings. The third kappa shape index (κ3) is 4.57. The minimum absolute atomic E-state index is 0.0765. The number of hydrogen-bond donors (Lipinski definition) is 0. The standard InChI is InChI=1S/C25H30N4O4/c1-5-12-29-23(26-20-9-7-6-8-19(20)25(29)31)17(2)28(14-13-27(3)4)24(30)18-10-11-21-22(15-18)33-16-32-21/h6-11,15,17H,5,12-14,16H2,1-4H3. The first-order valence-corrected chi connectivity index (χ1v) is 11.3. The Balaban J connectivity index is 1.77. The number of nitrogens with zero attached hydrogens (tertiary/aromatic N) is 4. The topological polar surface area (TPSA) is 76.9 Å². The zero-order valence-corrected chi connectivity index (χ0v) is 19.6. The molecule has 0 radical (unpaired) electrons. The third-order valence-corrected chi connectivity index (χ3v) is 5.85. The van der Waals surface area contributed by atoms with Crippen LogP contribution in [0.4, 0.5) is 0 Å². The number of para-hydroxylation sites is 1. The Bertz CT molecular complexity index is 1220. The summed E-state index contributed by atoms with van der Waals surface area (Å²) in [4.78, 5) is 35.6. The lowest BCUT2D eigenvalue weighted by molar-refractivity contribution is 0.0664. The van der Waals surface area contributed by atoms with E-state index in [1.165, 1.54) is 0 Å². The average molecular weight is 451 g/mol. The van der Waals surface area contributed by atoms with E-state index in [1.807, 2.05) is 51.0 Å². The van der Waals surface area contributed by atoms with Crippen LogP contribution in [0.15, 0.2) is 47.3 Å². The second kappa shape index (κ2) is 9.62. The average Bonchev–Trinajstić information content (AvgIpc) is 3.28. The maximum Gasteiger partial charge on any atom is 0.261 e. The van der Waals surface area contributed by atoms with Crippen molar-refractivity contribution in [3.05, 3.63) is 64.2 Å². The van der Waals surface area contributed by atoms with Gasteiger partial charge in [0.05, 0.1) is 16.9 Å². The van der Waals surface area contributed by atoms with Crippen molar-refractivity contribution < 1.29 is 14.3 Å². The highest BCUT2D eigenvalue weighted by Gasteiger charge is 2.28. The van der Waals surface area contributed by atoms with E-state index < -0.39 is 6.04 Å². The molecule has 0 spiro atoms. The van der Waals surface area contributed by atoms with Gasteiger partial charge in [-0.2, -0.15) is 0 Å². The minimum Gasteiger partial charge on any atom is -0.454 e. The number of aromatic nitrogens is 2. The number of benzene rings is 2. The van der Waals surface area contributed by atoms with Gasteiger partial charge in [-0.15, -0.1) is 0 Å². The fourth-order valence-electron chi connectivity index (χ4n) is 4.06. The lowest BCUT2D eigenvalue weighted by Crippen LogP contribution is -2.41. The van der Waals surface area contributed by atoms with Gasteiger partial charge in [0.25, 0.3) is 11.5 Å². The van der Waals surface area contributed by atoms with Gasteiger partial charge in [0.15, 0.2) is 11.5 Å². The monoisotopic (exact) mass is 450 g/mol. The maximum absolute atomic E-state index is 13.7. The predicted molar refractivity (Wildman–Crippen MR) is 127 cm³/mol. The van der Waals surface area contributed by atoms with Crippen molar-refractivity contribution in [3.63, 3.8) is 0 Å². The van der Waals surface area contributed by atoms with E-state index in [4.69, 9.17) is 14.5 Å². The van der Waals surface area contributed by atoms with Crippen LogP contribution in [-0.4, -0.2) is 59.2 Å². The van der Waals surface area contributed by atoms with Gasteiger partial charge in [-0.25, -0.2) is 4.98 Å². The number of ether oxygens (including phenoxy) is 2. The van der Waals surface area contributed by atoms with E-state index in [1.54, 1.807) is 33.7 Å². The van der Waals surface area contributed by atoms with Crippen LogP contribution >= 0.6 is 0 Å². The van der Waals surface area contributed by atoms with E-state index in [-0.39, 0.29) is 18.3 Å². The molecule has 8 nitrogen and oxygen atoms in total. The largest absolute Gasteiger partial charge is 0.454 e. The molecular weight excluding hydrogens is 420 g/mol. The summed E-state index contributed by atoms with van der Waals surface area (Å²) in [5, 5.41) is 0.587. The zero-order chi connectivity index (χ0) is 23.5. The van der Waals surface area contributed by atoms with E-state index in [9.17, 15) is 9.59 Å². The molecule has 1 aliphatic heterocycles. The smallest absolute Gasteiger partial charge is 0.261 e. The van der Waals surface area contributed by atoms with Crippen LogP contribution in [0.2, 0.25) is 0 Å². The summed E-state index contributed by atoms with van der Waals surface area (Å²) in [6, 6.07) is 12.2. The van der Waals surface area contributed by atoms with Gasteiger partial charge in [-0.1, -0.05) is 19.1 Å². The predicted octanol–water partition coefficient (Wildman–Crippen LogP) is 3.30. The van der Waals surface area contributed by atoms with Crippen molar-refractivity contribution in [2.75, 3.05) is 34.0 Å². The Kier molecular flexibility index (Phi) is 6.65. The van der Waals surface area contributed by atoms with Gasteiger partial charge in [0, 0.05) is 25.2 Å². The highest BCUT2D eigenvalue weighted by Crippen LogP contribution is 2.33. The molecule has 8 heteroatoms. The molecule has 0 saturated heterocycles. The summed E-state index contributed by atoms with van der Waals surface area (Å²) >= 11 is 0. The van der Waals surface area contributed by atoms with Crippen LogP contribution in [0, 0.1) is 0 Å². The number of likely N-dealkylation sites (N-methyl/N-ethyl adjacent to an activating group) is 1. The number of fused-ring (bicyclic) bond motifs is 2. The summed E-state index contributed by atoms with van der Waals surface area (Å²) in [5.41, 5.74) is 1.07. The van der Waals surface area contributed by atoms with E-state index in [0.717, 1.165) is 6.42 Å². The SMILES string of the molecule is CCCn1c(C(C)N(CCN(C)C)C(=O)c2ccc3c(c2)OCO3)nc2ccccc2c1=O. The maximum atomic E-state index is 13.7. The molecule has 2 aromatic carbocycles. The van der Waals surface area contributed by atoms with Crippen molar-refractivity contribution >= 4 is 16.8 Å². The van der Waals surface area contributed by atoms with Gasteiger partial charge in [0.1, 0.15) is 5.82 Å². The second-order valence-corrected chi connectivity index (χ2v) is 8.49. The van der Waals surface area contributed by atoms with Crippen LogP contribution in [-0.2, 0) is 6.54 Å². The molecule has 1 aromatic heterocycles. The van der Waals surface area contributed by atoms with Crippen LogP contribution in [0.25, 0.3) is 10.9 Å². The number of carbonyl (C=O) groups is 1. The fourth-order valence-corrected chi connectivity index (χ4v) is 4.06. The molecule has 174 valence electrons. The summed E-state index contributed by atoms with van der Waals surface area (Å²) < 4.78 is 12.6. The normalized spacial score (nSPS) is 13.5. The molecule has 2 heterocycles. The van der Waals surface area contributed by atoms with E-state index in [0.29, 0.717) is 53.4 Å². The molecule has 0 bridgehead atoms. The van der Waals surface area contributed by atoms with Gasteiger partial charge in [-0.3, -0.25) is 14.2 Å². The Morgan fingerprint density at radius 1 is 1.12 bits per heavy atom. The van der Waals surface area contributed by atoms with Crippen LogP contribution < -0.4 is 15.0 Å². The van der Waals surface area contributed by atoms with Crippen LogP contribution in [0.3, 0.4) is 0 Å². The molecule has 3 aromatic rings. The Morgan fingerprint density at radius 3 is 2.64 bits per heavy atom. The second-order valence-electron chi connectivity index (χ2n) is 8.49. The lowest BCUT2D eigenvalue weighted by atomic mass is 10.1. The molecule has 0 N–H and O–H groups in total. The van der Waals surface area contributed by atoms with Gasteiger partial charge >= 0.3 is 0 Å². The van der Waals surface area contributed by atoms with Gasteiger partial charge < -0.3 is 19.3 Å². The molecule has 0 saturated carbocycles. The Morgan fingerprint density at radius 2 is 1.88 bits per heavy atom. The fraction of sp³-hybridized carbons (Fsp3) is 0.400. The summed E-state index contributed by atoms with van der Waals surface area (Å²) in [6.07, 6.45) is 0.785. The molecule has 1 aliphatic rings. The quantitative estimate of drug-likeness (QED) is 0.524. The highest BCUT2D eigenvalue weighted by molar-refractivity contribution is 5.95. The van der Waals surface area contributed by atoms with Crippen molar-refractivity contribution in [1.82, 2.24) is 19.4 Å². The number of rotatable bonds is 8. The van der Waals surface area contributed by atoms with Gasteiger partial charge in [0.2, 0.25) is 6.79 Å². The number of carbonyl (C=O) groups excluding carboxylic acids is 1. The first kappa shape index (κ1) is 22.8. The van der Waals surface area contributed by atoms with Crippen LogP contribution in [0.5, 0.6) is 11.5 Å². The lowest BCUT2D eigenvalue weighted by Gasteiger charge is -2.31. The molecule has 1 amide bonds. The Hall–Kier alpha value is -3.39. The first-order chi connectivity index (χ1) is 15.9.